The molecule has 27 heavy (non-hydrogen) atoms. The minimum absolute atomic E-state index is 0.0244. The molecule has 1 aliphatic rings. The monoisotopic (exact) mass is 382 g/mol. The molecule has 3 aromatic rings. The molecular weight excluding hydrogens is 363 g/mol. The molecule has 1 aliphatic carbocycles. The van der Waals surface area contributed by atoms with E-state index in [1.165, 1.54) is 19.2 Å². The van der Waals surface area contributed by atoms with Crippen molar-refractivity contribution >= 4 is 26.7 Å². The Hall–Kier alpha value is -2.66. The fourth-order valence-electron chi connectivity index (χ4n) is 3.80. The third kappa shape index (κ3) is 2.82. The molecule has 138 valence electrons. The lowest BCUT2D eigenvalue weighted by Gasteiger charge is -2.29. The van der Waals surface area contributed by atoms with Gasteiger partial charge in [0, 0.05) is 0 Å². The van der Waals surface area contributed by atoms with Crippen LogP contribution in [-0.4, -0.2) is 15.5 Å². The minimum Gasteiger partial charge on any atom is -0.494 e. The van der Waals surface area contributed by atoms with Crippen LogP contribution in [0.1, 0.15) is 23.3 Å². The number of hydrogen-bond donors (Lipinski definition) is 0. The first-order valence-electron chi connectivity index (χ1n) is 8.71. The molecule has 0 radical (unpaired) electrons. The van der Waals surface area contributed by atoms with E-state index in [2.05, 4.69) is 0 Å². The van der Waals surface area contributed by atoms with Gasteiger partial charge in [0.2, 0.25) is 0 Å². The molecule has 0 saturated carbocycles. The van der Waals surface area contributed by atoms with Gasteiger partial charge in [-0.1, -0.05) is 55.5 Å². The molecule has 3 nitrogen and oxygen atoms in total. The van der Waals surface area contributed by atoms with Gasteiger partial charge in [-0.2, -0.15) is 0 Å². The number of hydrogen-bond acceptors (Lipinski definition) is 3. The van der Waals surface area contributed by atoms with Crippen molar-refractivity contribution in [3.8, 4) is 5.75 Å². The Balaban J connectivity index is 1.95. The van der Waals surface area contributed by atoms with Crippen LogP contribution in [-0.2, 0) is 9.84 Å². The Morgan fingerprint density at radius 2 is 1.81 bits per heavy atom. The minimum atomic E-state index is -3.81. The fraction of sp³-hybridized carbons (Fsp3) is 0.182. The molecule has 5 heteroatoms. The summed E-state index contributed by atoms with van der Waals surface area (Å²) in [5.74, 6) is -0.898. The summed E-state index contributed by atoms with van der Waals surface area (Å²) in [5.41, 5.74) is 1.66. The molecule has 2 atom stereocenters. The first kappa shape index (κ1) is 17.7. The molecule has 0 aliphatic heterocycles. The Morgan fingerprint density at radius 1 is 1.04 bits per heavy atom. The largest absolute Gasteiger partial charge is 0.494 e. The first-order valence-corrected chi connectivity index (χ1v) is 10.3. The fourth-order valence-corrected chi connectivity index (χ4v) is 5.85. The van der Waals surface area contributed by atoms with Crippen LogP contribution in [0.2, 0.25) is 0 Å². The van der Waals surface area contributed by atoms with Gasteiger partial charge >= 0.3 is 0 Å². The second-order valence-electron chi connectivity index (χ2n) is 6.77. The lowest BCUT2D eigenvalue weighted by Crippen LogP contribution is -2.23. The number of allylic oxidation sites excluding steroid dienone is 1. The number of ether oxygens (including phenoxy) is 1. The Kier molecular flexibility index (Phi) is 4.27. The van der Waals surface area contributed by atoms with Gasteiger partial charge in [-0.05, 0) is 46.0 Å². The van der Waals surface area contributed by atoms with Gasteiger partial charge in [0.15, 0.2) is 21.4 Å². The molecule has 0 bridgehead atoms. The van der Waals surface area contributed by atoms with Crippen LogP contribution in [0.25, 0.3) is 16.8 Å². The van der Waals surface area contributed by atoms with E-state index in [4.69, 9.17) is 4.74 Å². The third-order valence-corrected chi connectivity index (χ3v) is 7.38. The summed E-state index contributed by atoms with van der Waals surface area (Å²) in [6.07, 6.45) is 3.87. The summed E-state index contributed by atoms with van der Waals surface area (Å²) in [5, 5.41) is 1.12. The summed E-state index contributed by atoms with van der Waals surface area (Å²) >= 11 is 0. The number of benzene rings is 3. The molecule has 0 heterocycles. The van der Waals surface area contributed by atoms with Crippen LogP contribution in [0.5, 0.6) is 5.75 Å². The average Bonchev–Trinajstić information content (AvgIpc) is 2.67. The van der Waals surface area contributed by atoms with Crippen LogP contribution >= 0.6 is 0 Å². The van der Waals surface area contributed by atoms with Crippen molar-refractivity contribution in [3.63, 3.8) is 0 Å². The lowest BCUT2D eigenvalue weighted by atomic mass is 9.86. The van der Waals surface area contributed by atoms with E-state index in [1.54, 1.807) is 0 Å². The summed E-state index contributed by atoms with van der Waals surface area (Å²) in [6, 6.07) is 15.5. The number of sulfone groups is 1. The van der Waals surface area contributed by atoms with Gasteiger partial charge in [-0.3, -0.25) is 0 Å². The lowest BCUT2D eigenvalue weighted by molar-refractivity contribution is 0.385. The van der Waals surface area contributed by atoms with E-state index in [0.29, 0.717) is 0 Å². The average molecular weight is 382 g/mol. The zero-order valence-corrected chi connectivity index (χ0v) is 15.8. The maximum Gasteiger partial charge on any atom is 0.186 e. The molecule has 0 saturated heterocycles. The van der Waals surface area contributed by atoms with Gasteiger partial charge in [0.05, 0.1) is 17.3 Å². The SMILES string of the molecule is COc1ccc(S(=O)(=O)C2c3c(ccc4ccccc34)C=CC2C)cc1F. The summed E-state index contributed by atoms with van der Waals surface area (Å²) in [6.45, 7) is 1.88. The van der Waals surface area contributed by atoms with Crippen LogP contribution in [0.3, 0.4) is 0 Å². The van der Waals surface area contributed by atoms with Gasteiger partial charge in [0.25, 0.3) is 0 Å². The summed E-state index contributed by atoms with van der Waals surface area (Å²) in [7, 11) is -2.46. The van der Waals surface area contributed by atoms with Crippen molar-refractivity contribution in [2.75, 3.05) is 7.11 Å². The van der Waals surface area contributed by atoms with Crippen molar-refractivity contribution in [3.05, 3.63) is 77.6 Å². The van der Waals surface area contributed by atoms with Crippen molar-refractivity contribution in [1.82, 2.24) is 0 Å². The number of fused-ring (bicyclic) bond motifs is 3. The van der Waals surface area contributed by atoms with Crippen LogP contribution < -0.4 is 4.74 Å². The molecule has 4 rings (SSSR count). The van der Waals surface area contributed by atoms with Crippen molar-refractivity contribution < 1.29 is 17.5 Å². The van der Waals surface area contributed by atoms with E-state index in [0.717, 1.165) is 28.0 Å². The van der Waals surface area contributed by atoms with Gasteiger partial charge in [0.1, 0.15) is 0 Å². The highest BCUT2D eigenvalue weighted by atomic mass is 32.2. The molecule has 2 unspecified atom stereocenters. The van der Waals surface area contributed by atoms with E-state index in [-0.39, 0.29) is 16.6 Å². The quantitative estimate of drug-likeness (QED) is 0.628. The molecule has 0 spiro atoms. The topological polar surface area (TPSA) is 43.4 Å². The number of halogens is 1. The second-order valence-corrected chi connectivity index (χ2v) is 8.84. The van der Waals surface area contributed by atoms with Crippen molar-refractivity contribution in [2.24, 2.45) is 5.92 Å². The van der Waals surface area contributed by atoms with Gasteiger partial charge < -0.3 is 4.74 Å². The van der Waals surface area contributed by atoms with E-state index >= 15 is 0 Å². The highest BCUT2D eigenvalue weighted by molar-refractivity contribution is 7.91. The number of rotatable bonds is 3. The van der Waals surface area contributed by atoms with Crippen molar-refractivity contribution in [2.45, 2.75) is 17.1 Å². The third-order valence-electron chi connectivity index (χ3n) is 5.13. The van der Waals surface area contributed by atoms with Crippen LogP contribution in [0.15, 0.2) is 65.6 Å². The zero-order valence-electron chi connectivity index (χ0n) is 15.0. The first-order chi connectivity index (χ1) is 12.9. The Labute approximate surface area is 158 Å². The molecule has 0 fully saturated rings. The van der Waals surface area contributed by atoms with Gasteiger partial charge in [-0.15, -0.1) is 0 Å². The van der Waals surface area contributed by atoms with Crippen molar-refractivity contribution in [1.29, 1.82) is 0 Å². The normalized spacial score (nSPS) is 19.1. The standard InChI is InChI=1S/C22H19FO3S/c1-14-7-8-16-10-9-15-5-3-4-6-18(15)21(16)22(14)27(24,25)17-11-12-20(26-2)19(23)13-17/h3-14,22H,1-2H3. The Morgan fingerprint density at radius 3 is 2.56 bits per heavy atom. The molecule has 0 amide bonds. The van der Waals surface area contributed by atoms with Gasteiger partial charge in [-0.25, -0.2) is 12.8 Å². The maximum absolute atomic E-state index is 14.2. The predicted molar refractivity (Wildman–Crippen MR) is 105 cm³/mol. The molecule has 0 aromatic heterocycles. The summed E-state index contributed by atoms with van der Waals surface area (Å²) in [4.78, 5) is -0.0353. The smallest absolute Gasteiger partial charge is 0.186 e. The van der Waals surface area contributed by atoms with E-state index in [9.17, 15) is 12.8 Å². The maximum atomic E-state index is 14.2. The second kappa shape index (κ2) is 6.50. The molecular formula is C22H19FO3S. The van der Waals surface area contributed by atoms with E-state index < -0.39 is 20.9 Å². The zero-order chi connectivity index (χ0) is 19.2. The molecule has 0 N–H and O–H groups in total. The predicted octanol–water partition coefficient (Wildman–Crippen LogP) is 5.17. The van der Waals surface area contributed by atoms with Crippen LogP contribution in [0, 0.1) is 11.7 Å². The Bertz CT molecular complexity index is 1170. The molecule has 3 aromatic carbocycles. The van der Waals surface area contributed by atoms with Crippen LogP contribution in [0.4, 0.5) is 4.39 Å². The summed E-state index contributed by atoms with van der Waals surface area (Å²) < 4.78 is 46.1. The highest BCUT2D eigenvalue weighted by Crippen LogP contribution is 2.44. The van der Waals surface area contributed by atoms with E-state index in [1.807, 2.05) is 55.5 Å². The number of methoxy groups -OCH3 is 1. The highest BCUT2D eigenvalue weighted by Gasteiger charge is 2.37.